The van der Waals surface area contributed by atoms with Crippen LogP contribution in [0.15, 0.2) is 58.8 Å². The van der Waals surface area contributed by atoms with Gasteiger partial charge in [0.1, 0.15) is 0 Å². The Morgan fingerprint density at radius 3 is 2.74 bits per heavy atom. The molecule has 3 aromatic rings. The maximum absolute atomic E-state index is 12.5. The van der Waals surface area contributed by atoms with Crippen LogP contribution in [0.4, 0.5) is 10.8 Å². The van der Waals surface area contributed by atoms with Crippen LogP contribution >= 0.6 is 23.1 Å². The third-order valence-electron chi connectivity index (χ3n) is 3.55. The van der Waals surface area contributed by atoms with E-state index < -0.39 is 4.92 Å². The number of hydrogen-bond donors (Lipinski definition) is 1. The molecule has 1 heterocycles. The van der Waals surface area contributed by atoms with Crippen LogP contribution in [0, 0.1) is 10.1 Å². The van der Waals surface area contributed by atoms with Crippen LogP contribution in [0.25, 0.3) is 11.3 Å². The number of rotatable bonds is 6. The van der Waals surface area contributed by atoms with E-state index in [0.717, 1.165) is 4.90 Å². The normalized spacial score (nSPS) is 10.8. The number of benzene rings is 2. The monoisotopic (exact) mass is 399 g/mol. The van der Waals surface area contributed by atoms with Crippen molar-refractivity contribution in [2.24, 2.45) is 0 Å². The van der Waals surface area contributed by atoms with Crippen molar-refractivity contribution >= 4 is 39.8 Å². The number of carbonyl (C=O) groups excluding carboxylic acids is 1. The van der Waals surface area contributed by atoms with Gasteiger partial charge >= 0.3 is 0 Å². The number of anilines is 1. The number of nitro groups is 1. The SMILES string of the molecule is CC(C)Sc1cccc(C(=O)Nc2nc(-c3cccc([N+](=O)[O-])c3)cs2)c1. The molecule has 0 saturated carbocycles. The van der Waals surface area contributed by atoms with E-state index in [4.69, 9.17) is 0 Å². The van der Waals surface area contributed by atoms with Gasteiger partial charge in [-0.1, -0.05) is 32.0 Å². The van der Waals surface area contributed by atoms with Gasteiger partial charge in [-0.2, -0.15) is 0 Å². The molecule has 3 rings (SSSR count). The van der Waals surface area contributed by atoms with Crippen LogP contribution in [-0.4, -0.2) is 21.1 Å². The number of carbonyl (C=O) groups is 1. The van der Waals surface area contributed by atoms with Crippen LogP contribution in [-0.2, 0) is 0 Å². The number of thiazole rings is 1. The average molecular weight is 399 g/mol. The molecular formula is C19H17N3O3S2. The summed E-state index contributed by atoms with van der Waals surface area (Å²) in [6.45, 7) is 4.20. The van der Waals surface area contributed by atoms with Crippen molar-refractivity contribution in [3.8, 4) is 11.3 Å². The average Bonchev–Trinajstić information content (AvgIpc) is 3.10. The summed E-state index contributed by atoms with van der Waals surface area (Å²) < 4.78 is 0. The molecule has 1 N–H and O–H groups in total. The molecular weight excluding hydrogens is 382 g/mol. The molecule has 2 aromatic carbocycles. The van der Waals surface area contributed by atoms with E-state index in [1.807, 2.05) is 18.2 Å². The van der Waals surface area contributed by atoms with Gasteiger partial charge in [-0.25, -0.2) is 4.98 Å². The number of nitro benzene ring substituents is 1. The first-order valence-electron chi connectivity index (χ1n) is 8.21. The predicted octanol–water partition coefficient (Wildman–Crippen LogP) is 5.47. The Hall–Kier alpha value is -2.71. The smallest absolute Gasteiger partial charge is 0.270 e. The Kier molecular flexibility index (Phi) is 5.88. The number of amides is 1. The van der Waals surface area contributed by atoms with Gasteiger partial charge in [0.2, 0.25) is 0 Å². The van der Waals surface area contributed by atoms with E-state index in [9.17, 15) is 14.9 Å². The summed E-state index contributed by atoms with van der Waals surface area (Å²) in [5, 5.41) is 16.3. The lowest BCUT2D eigenvalue weighted by Crippen LogP contribution is -2.11. The van der Waals surface area contributed by atoms with Crippen molar-refractivity contribution in [2.75, 3.05) is 5.32 Å². The van der Waals surface area contributed by atoms with E-state index in [2.05, 4.69) is 24.1 Å². The molecule has 0 bridgehead atoms. The quantitative estimate of drug-likeness (QED) is 0.337. The predicted molar refractivity (Wildman–Crippen MR) is 110 cm³/mol. The van der Waals surface area contributed by atoms with Gasteiger partial charge in [-0.3, -0.25) is 20.2 Å². The van der Waals surface area contributed by atoms with Crippen molar-refractivity contribution in [3.05, 3.63) is 69.6 Å². The molecule has 0 spiro atoms. The topological polar surface area (TPSA) is 85.1 Å². The molecule has 0 radical (unpaired) electrons. The summed E-state index contributed by atoms with van der Waals surface area (Å²) >= 11 is 2.97. The summed E-state index contributed by atoms with van der Waals surface area (Å²) in [5.41, 5.74) is 1.79. The highest BCUT2D eigenvalue weighted by molar-refractivity contribution is 7.99. The summed E-state index contributed by atoms with van der Waals surface area (Å²) in [4.78, 5) is 28.4. The molecule has 138 valence electrons. The van der Waals surface area contributed by atoms with Crippen LogP contribution in [0.1, 0.15) is 24.2 Å². The summed E-state index contributed by atoms with van der Waals surface area (Å²) in [5.74, 6) is -0.235. The van der Waals surface area contributed by atoms with Gasteiger partial charge in [-0.15, -0.1) is 23.1 Å². The molecule has 0 saturated heterocycles. The molecule has 0 aliphatic rings. The second-order valence-electron chi connectivity index (χ2n) is 5.99. The van der Waals surface area contributed by atoms with E-state index >= 15 is 0 Å². The second-order valence-corrected chi connectivity index (χ2v) is 8.50. The van der Waals surface area contributed by atoms with Crippen LogP contribution in [0.3, 0.4) is 0 Å². The number of nitrogens with one attached hydrogen (secondary N) is 1. The van der Waals surface area contributed by atoms with Gasteiger partial charge in [0.15, 0.2) is 5.13 Å². The molecule has 1 aromatic heterocycles. The van der Waals surface area contributed by atoms with Gasteiger partial charge in [-0.05, 0) is 18.2 Å². The van der Waals surface area contributed by atoms with Crippen molar-refractivity contribution in [3.63, 3.8) is 0 Å². The molecule has 0 aliphatic heterocycles. The zero-order valence-corrected chi connectivity index (χ0v) is 16.3. The fourth-order valence-corrected chi connectivity index (χ4v) is 4.01. The third-order valence-corrected chi connectivity index (χ3v) is 5.30. The number of hydrogen-bond acceptors (Lipinski definition) is 6. The fraction of sp³-hybridized carbons (Fsp3) is 0.158. The van der Waals surface area contributed by atoms with Crippen molar-refractivity contribution in [1.82, 2.24) is 4.98 Å². The summed E-state index contributed by atoms with van der Waals surface area (Å²) in [7, 11) is 0. The van der Waals surface area contributed by atoms with Crippen LogP contribution in [0.5, 0.6) is 0 Å². The zero-order valence-electron chi connectivity index (χ0n) is 14.7. The summed E-state index contributed by atoms with van der Waals surface area (Å²) in [6, 6.07) is 13.7. The van der Waals surface area contributed by atoms with Gasteiger partial charge in [0.25, 0.3) is 11.6 Å². The van der Waals surface area contributed by atoms with Gasteiger partial charge in [0.05, 0.1) is 10.6 Å². The molecule has 0 fully saturated rings. The number of aromatic nitrogens is 1. The molecule has 27 heavy (non-hydrogen) atoms. The van der Waals surface area contributed by atoms with Crippen LogP contribution in [0.2, 0.25) is 0 Å². The first-order chi connectivity index (χ1) is 12.9. The maximum atomic E-state index is 12.5. The minimum absolute atomic E-state index is 0.00514. The lowest BCUT2D eigenvalue weighted by Gasteiger charge is -2.07. The Bertz CT molecular complexity index is 986. The Morgan fingerprint density at radius 2 is 2.00 bits per heavy atom. The molecule has 0 unspecified atom stereocenters. The standard InChI is InChI=1S/C19H17N3O3S2/c1-12(2)27-16-8-4-6-14(10-16)18(23)21-19-20-17(11-26-19)13-5-3-7-15(9-13)22(24)25/h3-12H,1-2H3,(H,20,21,23). The van der Waals surface area contributed by atoms with Crippen molar-refractivity contribution in [1.29, 1.82) is 0 Å². The zero-order chi connectivity index (χ0) is 19.4. The highest BCUT2D eigenvalue weighted by atomic mass is 32.2. The highest BCUT2D eigenvalue weighted by Gasteiger charge is 2.13. The third kappa shape index (κ3) is 4.93. The number of thioether (sulfide) groups is 1. The van der Waals surface area contributed by atoms with E-state index in [1.54, 1.807) is 35.3 Å². The molecule has 6 nitrogen and oxygen atoms in total. The number of non-ortho nitro benzene ring substituents is 1. The fourth-order valence-electron chi connectivity index (χ4n) is 2.39. The minimum atomic E-state index is -0.444. The second kappa shape index (κ2) is 8.32. The Labute approximate surface area is 164 Å². The van der Waals surface area contributed by atoms with Gasteiger partial charge < -0.3 is 0 Å². The maximum Gasteiger partial charge on any atom is 0.270 e. The van der Waals surface area contributed by atoms with Gasteiger partial charge in [0, 0.05) is 38.8 Å². The Morgan fingerprint density at radius 1 is 1.22 bits per heavy atom. The number of nitrogens with zero attached hydrogens (tertiary/aromatic N) is 2. The van der Waals surface area contributed by atoms with Crippen molar-refractivity contribution < 1.29 is 9.72 Å². The molecule has 1 amide bonds. The van der Waals surface area contributed by atoms with E-state index in [0.29, 0.717) is 27.2 Å². The first kappa shape index (κ1) is 19.1. The van der Waals surface area contributed by atoms with E-state index in [1.165, 1.54) is 23.5 Å². The molecule has 0 atom stereocenters. The van der Waals surface area contributed by atoms with Crippen LogP contribution < -0.4 is 5.32 Å². The molecule has 0 aliphatic carbocycles. The van der Waals surface area contributed by atoms with E-state index in [-0.39, 0.29) is 11.6 Å². The highest BCUT2D eigenvalue weighted by Crippen LogP contribution is 2.28. The first-order valence-corrected chi connectivity index (χ1v) is 9.97. The lowest BCUT2D eigenvalue weighted by molar-refractivity contribution is -0.384. The minimum Gasteiger partial charge on any atom is -0.298 e. The Balaban J connectivity index is 1.75. The molecule has 8 heteroatoms. The summed E-state index contributed by atoms with van der Waals surface area (Å²) in [6.07, 6.45) is 0. The lowest BCUT2D eigenvalue weighted by atomic mass is 10.1. The largest absolute Gasteiger partial charge is 0.298 e. The van der Waals surface area contributed by atoms with Crippen molar-refractivity contribution in [2.45, 2.75) is 24.0 Å².